The maximum absolute atomic E-state index is 13.1. The fourth-order valence-electron chi connectivity index (χ4n) is 4.20. The second kappa shape index (κ2) is 7.20. The molecule has 144 valence electrons. The Morgan fingerprint density at radius 3 is 2.71 bits per heavy atom. The number of benzene rings is 1. The van der Waals surface area contributed by atoms with Crippen LogP contribution in [0.1, 0.15) is 40.8 Å². The van der Waals surface area contributed by atoms with Crippen LogP contribution in [0.2, 0.25) is 0 Å². The van der Waals surface area contributed by atoms with Gasteiger partial charge in [0.2, 0.25) is 0 Å². The van der Waals surface area contributed by atoms with E-state index in [1.165, 1.54) is 0 Å². The molecule has 2 aliphatic rings. The van der Waals surface area contributed by atoms with Gasteiger partial charge in [-0.1, -0.05) is 30.3 Å². The van der Waals surface area contributed by atoms with Crippen LogP contribution in [0.15, 0.2) is 36.5 Å². The molecule has 3 aromatic rings. The third-order valence-electron chi connectivity index (χ3n) is 5.73. The lowest BCUT2D eigenvalue weighted by Gasteiger charge is -2.32. The van der Waals surface area contributed by atoms with E-state index in [1.54, 1.807) is 6.20 Å². The Bertz CT molecular complexity index is 970. The molecule has 8 heteroatoms. The number of amides is 1. The first-order valence-corrected chi connectivity index (χ1v) is 9.82. The molecule has 8 nitrogen and oxygen atoms in total. The van der Waals surface area contributed by atoms with Gasteiger partial charge < -0.3 is 14.8 Å². The van der Waals surface area contributed by atoms with E-state index >= 15 is 0 Å². The van der Waals surface area contributed by atoms with E-state index in [0.29, 0.717) is 11.5 Å². The lowest BCUT2D eigenvalue weighted by Crippen LogP contribution is -2.39. The number of nitrogens with one attached hydrogen (secondary N) is 2. The van der Waals surface area contributed by atoms with E-state index in [1.807, 2.05) is 35.2 Å². The van der Waals surface area contributed by atoms with E-state index in [0.717, 1.165) is 68.5 Å². The predicted molar refractivity (Wildman–Crippen MR) is 104 cm³/mol. The van der Waals surface area contributed by atoms with Crippen LogP contribution in [0.4, 0.5) is 0 Å². The molecule has 0 bridgehead atoms. The van der Waals surface area contributed by atoms with Crippen LogP contribution >= 0.6 is 0 Å². The number of fused-ring (bicyclic) bond motifs is 1. The van der Waals surface area contributed by atoms with Crippen LogP contribution in [0.3, 0.4) is 0 Å². The highest BCUT2D eigenvalue weighted by Gasteiger charge is 2.30. The minimum absolute atomic E-state index is 0.0403. The molecule has 1 fully saturated rings. The van der Waals surface area contributed by atoms with E-state index in [2.05, 4.69) is 30.3 Å². The highest BCUT2D eigenvalue weighted by Crippen LogP contribution is 2.30. The zero-order valence-corrected chi connectivity index (χ0v) is 15.6. The van der Waals surface area contributed by atoms with Crippen LogP contribution < -0.4 is 5.32 Å². The Labute approximate surface area is 163 Å². The summed E-state index contributed by atoms with van der Waals surface area (Å²) in [5.41, 5.74) is 2.39. The second-order valence-corrected chi connectivity index (χ2v) is 7.39. The molecule has 4 heterocycles. The molecule has 1 amide bonds. The number of aromatic amines is 1. The van der Waals surface area contributed by atoms with Gasteiger partial charge in [0.15, 0.2) is 0 Å². The van der Waals surface area contributed by atoms with Crippen molar-refractivity contribution in [1.82, 2.24) is 35.2 Å². The summed E-state index contributed by atoms with van der Waals surface area (Å²) in [5.74, 6) is 2.50. The normalized spacial score (nSPS) is 17.5. The first kappa shape index (κ1) is 17.1. The molecule has 2 N–H and O–H groups in total. The SMILES string of the molecule is O=C(c1cn[nH]c1-c1ccccc1)N1CCC(c2nnc3n2CCNC3)CC1. The third-order valence-corrected chi connectivity index (χ3v) is 5.73. The van der Waals surface area contributed by atoms with Gasteiger partial charge in [0.05, 0.1) is 24.0 Å². The number of likely N-dealkylation sites (tertiary alicyclic amines) is 1. The summed E-state index contributed by atoms with van der Waals surface area (Å²) in [4.78, 5) is 15.0. The standard InChI is InChI=1S/C20H23N7O/c28-20(16-12-22-24-18(16)14-4-2-1-3-5-14)26-9-6-15(7-10-26)19-25-23-17-13-21-8-11-27(17)19/h1-5,12,15,21H,6-11,13H2,(H,22,24). The number of rotatable bonds is 3. The maximum atomic E-state index is 13.1. The lowest BCUT2D eigenvalue weighted by atomic mass is 9.95. The van der Waals surface area contributed by atoms with Gasteiger partial charge in [0.25, 0.3) is 5.91 Å². The molecule has 2 aromatic heterocycles. The Hall–Kier alpha value is -3.00. The lowest BCUT2D eigenvalue weighted by molar-refractivity contribution is 0.0711. The van der Waals surface area contributed by atoms with Gasteiger partial charge in [-0.2, -0.15) is 5.10 Å². The van der Waals surface area contributed by atoms with Gasteiger partial charge in [-0.05, 0) is 12.8 Å². The molecular formula is C20H23N7O. The number of carbonyl (C=O) groups is 1. The van der Waals surface area contributed by atoms with E-state index in [4.69, 9.17) is 0 Å². The minimum atomic E-state index is 0.0403. The van der Waals surface area contributed by atoms with Crippen molar-refractivity contribution >= 4 is 5.91 Å². The van der Waals surface area contributed by atoms with Gasteiger partial charge in [-0.15, -0.1) is 10.2 Å². The third kappa shape index (κ3) is 2.99. The van der Waals surface area contributed by atoms with Crippen LogP contribution in [0.5, 0.6) is 0 Å². The molecular weight excluding hydrogens is 354 g/mol. The first-order chi connectivity index (χ1) is 13.8. The van der Waals surface area contributed by atoms with Gasteiger partial charge in [-0.3, -0.25) is 9.89 Å². The fraction of sp³-hybridized carbons (Fsp3) is 0.400. The van der Waals surface area contributed by atoms with Crippen molar-refractivity contribution in [3.63, 3.8) is 0 Å². The molecule has 0 unspecified atom stereocenters. The maximum Gasteiger partial charge on any atom is 0.257 e. The Balaban J connectivity index is 1.30. The van der Waals surface area contributed by atoms with Crippen molar-refractivity contribution in [2.75, 3.05) is 19.6 Å². The predicted octanol–water partition coefficient (Wildman–Crippen LogP) is 1.79. The summed E-state index contributed by atoms with van der Waals surface area (Å²) in [6.07, 6.45) is 3.46. The highest BCUT2D eigenvalue weighted by atomic mass is 16.2. The highest BCUT2D eigenvalue weighted by molar-refractivity contribution is 5.99. The molecule has 0 spiro atoms. The quantitative estimate of drug-likeness (QED) is 0.726. The number of nitrogens with zero attached hydrogens (tertiary/aromatic N) is 5. The van der Waals surface area contributed by atoms with Crippen LogP contribution in [-0.2, 0) is 13.1 Å². The van der Waals surface area contributed by atoms with E-state index in [-0.39, 0.29) is 5.91 Å². The van der Waals surface area contributed by atoms with Gasteiger partial charge >= 0.3 is 0 Å². The largest absolute Gasteiger partial charge is 0.338 e. The average molecular weight is 377 g/mol. The van der Waals surface area contributed by atoms with Gasteiger partial charge in [0, 0.05) is 37.7 Å². The molecule has 0 atom stereocenters. The number of carbonyl (C=O) groups excluding carboxylic acids is 1. The molecule has 5 rings (SSSR count). The Morgan fingerprint density at radius 2 is 1.89 bits per heavy atom. The summed E-state index contributed by atoms with van der Waals surface area (Å²) < 4.78 is 2.25. The topological polar surface area (TPSA) is 91.7 Å². The monoisotopic (exact) mass is 377 g/mol. The summed E-state index contributed by atoms with van der Waals surface area (Å²) in [5, 5.41) is 19.2. The van der Waals surface area contributed by atoms with E-state index in [9.17, 15) is 4.79 Å². The molecule has 0 radical (unpaired) electrons. The minimum Gasteiger partial charge on any atom is -0.338 e. The summed E-state index contributed by atoms with van der Waals surface area (Å²) in [7, 11) is 0. The van der Waals surface area contributed by atoms with Crippen molar-refractivity contribution < 1.29 is 4.79 Å². The van der Waals surface area contributed by atoms with Crippen molar-refractivity contribution in [2.24, 2.45) is 0 Å². The molecule has 0 aliphatic carbocycles. The zero-order valence-electron chi connectivity index (χ0n) is 15.6. The van der Waals surface area contributed by atoms with Gasteiger partial charge in [-0.25, -0.2) is 0 Å². The summed E-state index contributed by atoms with van der Waals surface area (Å²) in [6.45, 7) is 4.12. The number of hydrogen-bond donors (Lipinski definition) is 2. The fourth-order valence-corrected chi connectivity index (χ4v) is 4.20. The average Bonchev–Trinajstić information content (AvgIpc) is 3.41. The van der Waals surface area contributed by atoms with Crippen molar-refractivity contribution in [2.45, 2.75) is 31.8 Å². The van der Waals surface area contributed by atoms with E-state index < -0.39 is 0 Å². The van der Waals surface area contributed by atoms with Crippen LogP contribution in [0.25, 0.3) is 11.3 Å². The second-order valence-electron chi connectivity index (χ2n) is 7.39. The molecule has 0 saturated carbocycles. The molecule has 1 saturated heterocycles. The van der Waals surface area contributed by atoms with Crippen molar-refractivity contribution in [1.29, 1.82) is 0 Å². The molecule has 28 heavy (non-hydrogen) atoms. The van der Waals surface area contributed by atoms with Crippen molar-refractivity contribution in [3.8, 4) is 11.3 Å². The number of piperidine rings is 1. The molecule has 2 aliphatic heterocycles. The first-order valence-electron chi connectivity index (χ1n) is 9.82. The van der Waals surface area contributed by atoms with Crippen LogP contribution in [0, 0.1) is 0 Å². The zero-order chi connectivity index (χ0) is 18.9. The summed E-state index contributed by atoms with van der Waals surface area (Å²) >= 11 is 0. The Morgan fingerprint density at radius 1 is 1.07 bits per heavy atom. The number of hydrogen-bond acceptors (Lipinski definition) is 5. The van der Waals surface area contributed by atoms with Crippen LogP contribution in [-0.4, -0.2) is 55.4 Å². The number of aromatic nitrogens is 5. The number of H-pyrrole nitrogens is 1. The van der Waals surface area contributed by atoms with Crippen molar-refractivity contribution in [3.05, 3.63) is 53.7 Å². The van der Waals surface area contributed by atoms with Gasteiger partial charge in [0.1, 0.15) is 11.6 Å². The molecule has 1 aromatic carbocycles. The smallest absolute Gasteiger partial charge is 0.257 e. The Kier molecular flexibility index (Phi) is 4.40. The summed E-state index contributed by atoms with van der Waals surface area (Å²) in [6, 6.07) is 9.86.